The van der Waals surface area contributed by atoms with Crippen LogP contribution in [0.4, 0.5) is 0 Å². The minimum Gasteiger partial charge on any atom is -0.298 e. The Hall–Kier alpha value is -3.33. The lowest BCUT2D eigenvalue weighted by Gasteiger charge is -2.17. The Morgan fingerprint density at radius 2 is 0.966 bits per heavy atom. The molecule has 2 aromatic carbocycles. The minimum atomic E-state index is -4.64. The molecule has 2 amide bonds. The first-order chi connectivity index (χ1) is 28.4. The highest BCUT2D eigenvalue weighted by Crippen LogP contribution is 2.50. The fourth-order valence-electron chi connectivity index (χ4n) is 8.89. The largest absolute Gasteiger partial charge is 0.329 e. The van der Waals surface area contributed by atoms with Crippen LogP contribution in [-0.2, 0) is 55.9 Å². The molecule has 2 aliphatic heterocycles. The van der Waals surface area contributed by atoms with Gasteiger partial charge in [-0.05, 0) is 61.1 Å². The van der Waals surface area contributed by atoms with Crippen LogP contribution in [0.25, 0.3) is 0 Å². The maximum atomic E-state index is 13.7. The molecule has 5 rings (SSSR count). The number of carbonyl (C=O) groups is 3. The molecule has 0 N–H and O–H groups in total. The van der Waals surface area contributed by atoms with Crippen LogP contribution in [0.15, 0.2) is 58.3 Å². The number of carbonyl (C=O) groups excluding carboxylic acids is 3. The molecule has 0 radical (unpaired) electrons. The standard InChI is InChI=1S/C45H65N2O10S2/c1-3-5-7-9-11-13-15-17-19-21-23-34-25-29-36(30-26-34)58(52,53)56-45-40-38(33-46(45)51)39-41(42(40)48)44(50)47(43(39)49)57-59(54,55)37-31-27-35(28-32-37)24-22-20-18-16-14-12-10-8-6-4-2/h25-32,38-41,45H,3-24,33H2,1-2H3/q+1. The molecule has 0 bridgehead atoms. The molecule has 14 heteroatoms. The quantitative estimate of drug-likeness (QED) is 0.0265. The van der Waals surface area contributed by atoms with Crippen LogP contribution in [0.1, 0.15) is 153 Å². The van der Waals surface area contributed by atoms with E-state index in [-0.39, 0.29) is 14.9 Å². The van der Waals surface area contributed by atoms with E-state index in [2.05, 4.69) is 13.8 Å². The highest BCUT2D eigenvalue weighted by atomic mass is 32.2. The summed E-state index contributed by atoms with van der Waals surface area (Å²) in [6, 6.07) is 12.3. The summed E-state index contributed by atoms with van der Waals surface area (Å²) in [5.41, 5.74) is 1.91. The van der Waals surface area contributed by atoms with Crippen molar-refractivity contribution in [3.63, 3.8) is 0 Å². The molecule has 0 spiro atoms. The van der Waals surface area contributed by atoms with Crippen LogP contribution >= 0.6 is 0 Å². The van der Waals surface area contributed by atoms with Gasteiger partial charge in [-0.3, -0.25) is 14.4 Å². The molecule has 3 fully saturated rings. The van der Waals surface area contributed by atoms with E-state index in [1.165, 1.54) is 121 Å². The van der Waals surface area contributed by atoms with Crippen molar-refractivity contribution in [2.45, 2.75) is 171 Å². The number of hydrogen-bond donors (Lipinski definition) is 0. The topological polar surface area (TPSA) is 161 Å². The molecule has 2 saturated heterocycles. The van der Waals surface area contributed by atoms with Crippen molar-refractivity contribution >= 4 is 37.8 Å². The number of ketones is 1. The fourth-order valence-corrected chi connectivity index (χ4v) is 10.8. The van der Waals surface area contributed by atoms with Crippen molar-refractivity contribution in [3.05, 3.63) is 64.6 Å². The molecule has 3 aliphatic rings. The second-order valence-corrected chi connectivity index (χ2v) is 19.9. The van der Waals surface area contributed by atoms with Gasteiger partial charge in [0, 0.05) is 9.67 Å². The number of Topliss-reactive ketones (excluding diaryl/α,β-unsaturated/α-hetero) is 1. The summed E-state index contributed by atoms with van der Waals surface area (Å²) in [7, 11) is -9.15. The Labute approximate surface area is 352 Å². The molecule has 326 valence electrons. The Morgan fingerprint density at radius 3 is 1.41 bits per heavy atom. The van der Waals surface area contributed by atoms with Crippen molar-refractivity contribution in [1.29, 1.82) is 0 Å². The summed E-state index contributed by atoms with van der Waals surface area (Å²) in [6.45, 7) is 3.97. The molecule has 1 aliphatic carbocycles. The first kappa shape index (κ1) is 46.7. The van der Waals surface area contributed by atoms with Gasteiger partial charge >= 0.3 is 26.5 Å². The van der Waals surface area contributed by atoms with E-state index < -0.39 is 74.3 Å². The summed E-state index contributed by atoms with van der Waals surface area (Å²) >= 11 is 0. The molecule has 2 aromatic rings. The van der Waals surface area contributed by atoms with E-state index in [9.17, 15) is 36.1 Å². The molecule has 2 heterocycles. The smallest absolute Gasteiger partial charge is 0.298 e. The summed E-state index contributed by atoms with van der Waals surface area (Å²) < 4.78 is 63.8. The highest BCUT2D eigenvalue weighted by molar-refractivity contribution is 7.87. The van der Waals surface area contributed by atoms with Crippen LogP contribution in [0.2, 0.25) is 0 Å². The lowest BCUT2D eigenvalue weighted by atomic mass is 9.90. The van der Waals surface area contributed by atoms with Gasteiger partial charge in [0.25, 0.3) is 11.8 Å². The van der Waals surface area contributed by atoms with Crippen LogP contribution in [-0.4, -0.2) is 57.0 Å². The normalized spacial score (nSPS) is 21.8. The molecular weight excluding hydrogens is 793 g/mol. The van der Waals surface area contributed by atoms with E-state index in [0.717, 1.165) is 56.1 Å². The number of nitroso groups, excluding NO2 is 1. The lowest BCUT2D eigenvalue weighted by Crippen LogP contribution is -2.39. The summed E-state index contributed by atoms with van der Waals surface area (Å²) in [5.74, 6) is -8.58. The molecule has 12 nitrogen and oxygen atoms in total. The number of hydroxylamine groups is 2. The van der Waals surface area contributed by atoms with Crippen LogP contribution in [0.3, 0.4) is 0 Å². The molecule has 1 saturated carbocycles. The number of nitrogens with zero attached hydrogens (tertiary/aromatic N) is 2. The number of imide groups is 1. The van der Waals surface area contributed by atoms with Gasteiger partial charge in [0.1, 0.15) is 11.8 Å². The minimum absolute atomic E-state index is 0.105. The summed E-state index contributed by atoms with van der Waals surface area (Å²) in [6.07, 6.45) is 24.1. The van der Waals surface area contributed by atoms with E-state index in [4.69, 9.17) is 8.47 Å². The fraction of sp³-hybridized carbons (Fsp3) is 0.667. The molecule has 5 unspecified atom stereocenters. The number of aryl methyl sites for hydroxylation is 2. The summed E-state index contributed by atoms with van der Waals surface area (Å²) in [5, 5.41) is 0.105. The predicted molar refractivity (Wildman–Crippen MR) is 224 cm³/mol. The highest BCUT2D eigenvalue weighted by Gasteiger charge is 2.73. The Morgan fingerprint density at radius 1 is 0.559 bits per heavy atom. The second kappa shape index (κ2) is 22.5. The van der Waals surface area contributed by atoms with Gasteiger partial charge in [0.2, 0.25) is 0 Å². The Balaban J connectivity index is 1.09. The van der Waals surface area contributed by atoms with Crippen LogP contribution in [0, 0.1) is 28.6 Å². The van der Waals surface area contributed by atoms with Gasteiger partial charge < -0.3 is 0 Å². The third kappa shape index (κ3) is 12.4. The van der Waals surface area contributed by atoms with Gasteiger partial charge in [-0.1, -0.05) is 154 Å². The number of amides is 2. The predicted octanol–water partition coefficient (Wildman–Crippen LogP) is 9.17. The van der Waals surface area contributed by atoms with Crippen molar-refractivity contribution < 1.29 is 44.4 Å². The average molecular weight is 858 g/mol. The molecule has 5 atom stereocenters. The third-order valence-corrected chi connectivity index (χ3v) is 14.8. The number of unbranched alkanes of at least 4 members (excludes halogenated alkanes) is 18. The second-order valence-electron chi connectivity index (χ2n) is 16.8. The van der Waals surface area contributed by atoms with Crippen molar-refractivity contribution in [2.24, 2.45) is 23.7 Å². The maximum Gasteiger partial charge on any atom is 0.329 e. The van der Waals surface area contributed by atoms with E-state index in [1.807, 2.05) is 0 Å². The van der Waals surface area contributed by atoms with Crippen LogP contribution in [0.5, 0.6) is 0 Å². The van der Waals surface area contributed by atoms with Gasteiger partial charge in [-0.15, -0.1) is 9.35 Å². The molecular formula is C45H65N2O10S2+. The van der Waals surface area contributed by atoms with Gasteiger partial charge in [0.05, 0.1) is 21.6 Å². The maximum absolute atomic E-state index is 13.7. The molecule has 0 aromatic heterocycles. The first-order valence-electron chi connectivity index (χ1n) is 22.3. The first-order valence-corrected chi connectivity index (χ1v) is 25.1. The van der Waals surface area contributed by atoms with Crippen LogP contribution < -0.4 is 0 Å². The van der Waals surface area contributed by atoms with Gasteiger partial charge in [-0.2, -0.15) is 21.0 Å². The summed E-state index contributed by atoms with van der Waals surface area (Å²) in [4.78, 5) is 53.3. The van der Waals surface area contributed by atoms with Gasteiger partial charge in [-0.25, -0.2) is 0 Å². The Bertz CT molecular complexity index is 1930. The van der Waals surface area contributed by atoms with E-state index >= 15 is 0 Å². The van der Waals surface area contributed by atoms with Gasteiger partial charge in [0.15, 0.2) is 12.3 Å². The van der Waals surface area contributed by atoms with E-state index in [0.29, 0.717) is 4.76 Å². The molecule has 59 heavy (non-hydrogen) atoms. The number of fused-ring (bicyclic) bond motifs is 3. The number of rotatable bonds is 28. The lowest BCUT2D eigenvalue weighted by molar-refractivity contribution is -0.603. The van der Waals surface area contributed by atoms with Crippen molar-refractivity contribution in [3.8, 4) is 0 Å². The monoisotopic (exact) mass is 857 g/mol. The van der Waals surface area contributed by atoms with Crippen molar-refractivity contribution in [1.82, 2.24) is 5.06 Å². The zero-order chi connectivity index (χ0) is 42.4. The third-order valence-electron chi connectivity index (χ3n) is 12.3. The van der Waals surface area contributed by atoms with Crippen molar-refractivity contribution in [2.75, 3.05) is 6.54 Å². The van der Waals surface area contributed by atoms with E-state index in [1.54, 1.807) is 24.3 Å². The zero-order valence-electron chi connectivity index (χ0n) is 35.1. The SMILES string of the molecule is CCCCCCCCCCCCc1ccc(S(=O)(=O)OC2C3C(=O)C4C(=O)N(OS(=O)(=O)c5ccc(CCCCCCCCCCCC)cc5)C(=O)C4C3C[N+]2=O)cc1. The average Bonchev–Trinajstić information content (AvgIpc) is 3.77. The Kier molecular flexibility index (Phi) is 17.8. The zero-order valence-corrected chi connectivity index (χ0v) is 36.7. The number of benzene rings is 2. The number of hydrogen-bond acceptors (Lipinski definition) is 10.